The summed E-state index contributed by atoms with van der Waals surface area (Å²) in [5.74, 6) is 0. The van der Waals surface area contributed by atoms with Crippen molar-refractivity contribution in [3.05, 3.63) is 34.9 Å². The van der Waals surface area contributed by atoms with Crippen LogP contribution in [0, 0.1) is 6.92 Å². The van der Waals surface area contributed by atoms with Crippen LogP contribution in [0.4, 0.5) is 0 Å². The van der Waals surface area contributed by atoms with Gasteiger partial charge in [0.15, 0.2) is 0 Å². The lowest BCUT2D eigenvalue weighted by Gasteiger charge is -2.25. The molecule has 0 aromatic heterocycles. The highest BCUT2D eigenvalue weighted by molar-refractivity contribution is 5.33. The molecule has 0 aliphatic carbocycles. The van der Waals surface area contributed by atoms with Crippen LogP contribution < -0.4 is 0 Å². The third-order valence-electron chi connectivity index (χ3n) is 2.56. The van der Waals surface area contributed by atoms with E-state index in [0.29, 0.717) is 0 Å². The van der Waals surface area contributed by atoms with Crippen LogP contribution in [-0.2, 0) is 13.0 Å². The van der Waals surface area contributed by atoms with Gasteiger partial charge >= 0.3 is 0 Å². The molecule has 0 radical (unpaired) electrons. The van der Waals surface area contributed by atoms with Gasteiger partial charge in [-0.15, -0.1) is 0 Å². The molecular weight excluding hydrogens is 170 g/mol. The van der Waals surface area contributed by atoms with E-state index in [-0.39, 0.29) is 0 Å². The normalized spacial score (nSPS) is 15.4. The van der Waals surface area contributed by atoms with E-state index < -0.39 is 0 Å². The maximum Gasteiger partial charge on any atom is 0.0233 e. The topological polar surface area (TPSA) is 3.24 Å². The molecule has 14 heavy (non-hydrogen) atoms. The molecule has 0 saturated carbocycles. The van der Waals surface area contributed by atoms with Gasteiger partial charge in [0, 0.05) is 13.1 Å². The number of rotatable bonds is 0. The Morgan fingerprint density at radius 1 is 1.14 bits per heavy atom. The van der Waals surface area contributed by atoms with Gasteiger partial charge in [-0.05, 0) is 31.5 Å². The first-order valence-corrected chi connectivity index (χ1v) is 5.52. The average Bonchev–Trinajstić information content (AvgIpc) is 2.20. The molecule has 1 aromatic rings. The minimum atomic E-state index is 1.12. The molecule has 0 amide bonds. The van der Waals surface area contributed by atoms with Gasteiger partial charge in [0.25, 0.3) is 0 Å². The lowest BCUT2D eigenvalue weighted by Crippen LogP contribution is -2.26. The molecule has 0 saturated heterocycles. The van der Waals surface area contributed by atoms with Crippen molar-refractivity contribution in [1.82, 2.24) is 4.90 Å². The Morgan fingerprint density at radius 2 is 1.86 bits per heavy atom. The Hall–Kier alpha value is -0.820. The van der Waals surface area contributed by atoms with Crippen molar-refractivity contribution < 1.29 is 0 Å². The van der Waals surface area contributed by atoms with Crippen LogP contribution >= 0.6 is 0 Å². The lowest BCUT2D eigenvalue weighted by atomic mass is 9.98. The molecule has 1 nitrogen and oxygen atoms in total. The standard InChI is InChI=1S/C11H15N.C2H6/c1-9-3-4-10-5-6-12(2)8-11(10)7-9;1-2/h3-4,7H,5-6,8H2,1-2H3;1-2H3. The van der Waals surface area contributed by atoms with Gasteiger partial charge in [-0.25, -0.2) is 0 Å². The van der Waals surface area contributed by atoms with Crippen molar-refractivity contribution in [2.75, 3.05) is 13.6 Å². The van der Waals surface area contributed by atoms with Gasteiger partial charge < -0.3 is 4.90 Å². The van der Waals surface area contributed by atoms with E-state index in [9.17, 15) is 0 Å². The zero-order valence-electron chi connectivity index (χ0n) is 9.80. The number of benzene rings is 1. The van der Waals surface area contributed by atoms with Crippen LogP contribution in [0.25, 0.3) is 0 Å². The number of fused-ring (bicyclic) bond motifs is 1. The van der Waals surface area contributed by atoms with Crippen molar-refractivity contribution >= 4 is 0 Å². The van der Waals surface area contributed by atoms with Crippen molar-refractivity contribution in [3.8, 4) is 0 Å². The van der Waals surface area contributed by atoms with Crippen molar-refractivity contribution in [3.63, 3.8) is 0 Å². The van der Waals surface area contributed by atoms with E-state index in [1.807, 2.05) is 13.8 Å². The summed E-state index contributed by atoms with van der Waals surface area (Å²) in [6.45, 7) is 8.49. The predicted molar refractivity (Wildman–Crippen MR) is 62.6 cm³/mol. The summed E-state index contributed by atoms with van der Waals surface area (Å²) in [6, 6.07) is 6.80. The van der Waals surface area contributed by atoms with Crippen molar-refractivity contribution in [2.24, 2.45) is 0 Å². The Bertz CT molecular complexity index is 291. The van der Waals surface area contributed by atoms with Gasteiger partial charge in [0.1, 0.15) is 0 Å². The van der Waals surface area contributed by atoms with Gasteiger partial charge in [0.05, 0.1) is 0 Å². The van der Waals surface area contributed by atoms with Crippen LogP contribution in [0.5, 0.6) is 0 Å². The molecule has 2 rings (SSSR count). The summed E-state index contributed by atoms with van der Waals surface area (Å²) in [7, 11) is 2.19. The van der Waals surface area contributed by atoms with E-state index in [4.69, 9.17) is 0 Å². The van der Waals surface area contributed by atoms with Crippen LogP contribution in [0.1, 0.15) is 30.5 Å². The quantitative estimate of drug-likeness (QED) is 0.609. The second-order valence-electron chi connectivity index (χ2n) is 3.76. The third-order valence-corrected chi connectivity index (χ3v) is 2.56. The minimum Gasteiger partial charge on any atom is -0.302 e. The lowest BCUT2D eigenvalue weighted by molar-refractivity contribution is 0.313. The highest BCUT2D eigenvalue weighted by atomic mass is 15.1. The Kier molecular flexibility index (Phi) is 4.15. The predicted octanol–water partition coefficient (Wildman–Crippen LogP) is 3.01. The highest BCUT2D eigenvalue weighted by Gasteiger charge is 2.11. The Morgan fingerprint density at radius 3 is 2.57 bits per heavy atom. The smallest absolute Gasteiger partial charge is 0.0233 e. The molecule has 0 bridgehead atoms. The first-order chi connectivity index (χ1) is 6.75. The van der Waals surface area contributed by atoms with E-state index in [2.05, 4.69) is 37.1 Å². The van der Waals surface area contributed by atoms with Crippen LogP contribution in [-0.4, -0.2) is 18.5 Å². The summed E-state index contributed by atoms with van der Waals surface area (Å²) >= 11 is 0. The largest absolute Gasteiger partial charge is 0.302 e. The minimum absolute atomic E-state index is 1.12. The Labute approximate surface area is 87.7 Å². The van der Waals surface area contributed by atoms with Crippen LogP contribution in [0.15, 0.2) is 18.2 Å². The fourth-order valence-corrected chi connectivity index (χ4v) is 1.83. The SMILES string of the molecule is CC.Cc1ccc2c(c1)CN(C)CC2. The molecule has 78 valence electrons. The number of aryl methyl sites for hydroxylation is 1. The zero-order chi connectivity index (χ0) is 10.6. The Balaban J connectivity index is 0.000000461. The molecular formula is C13H21N. The fraction of sp³-hybridized carbons (Fsp3) is 0.538. The molecule has 1 heteroatoms. The van der Waals surface area contributed by atoms with Crippen LogP contribution in [0.2, 0.25) is 0 Å². The summed E-state index contributed by atoms with van der Waals surface area (Å²) in [5.41, 5.74) is 4.44. The summed E-state index contributed by atoms with van der Waals surface area (Å²) in [6.07, 6.45) is 1.21. The van der Waals surface area contributed by atoms with Gasteiger partial charge in [0.2, 0.25) is 0 Å². The van der Waals surface area contributed by atoms with E-state index in [1.165, 1.54) is 24.1 Å². The summed E-state index contributed by atoms with van der Waals surface area (Å²) < 4.78 is 0. The maximum absolute atomic E-state index is 2.38. The van der Waals surface area contributed by atoms with Gasteiger partial charge in [-0.1, -0.05) is 37.6 Å². The monoisotopic (exact) mass is 191 g/mol. The highest BCUT2D eigenvalue weighted by Crippen LogP contribution is 2.18. The van der Waals surface area contributed by atoms with Gasteiger partial charge in [-0.2, -0.15) is 0 Å². The molecule has 0 unspecified atom stereocenters. The first-order valence-electron chi connectivity index (χ1n) is 5.52. The molecule has 0 spiro atoms. The number of hydrogen-bond donors (Lipinski definition) is 0. The fourth-order valence-electron chi connectivity index (χ4n) is 1.83. The number of likely N-dealkylation sites (N-methyl/N-ethyl adjacent to an activating group) is 1. The summed E-state index contributed by atoms with van der Waals surface area (Å²) in [5, 5.41) is 0. The molecule has 1 aliphatic rings. The molecule has 0 fully saturated rings. The van der Waals surface area contributed by atoms with E-state index in [0.717, 1.165) is 6.54 Å². The number of nitrogens with zero attached hydrogens (tertiary/aromatic N) is 1. The molecule has 1 aromatic carbocycles. The van der Waals surface area contributed by atoms with Crippen molar-refractivity contribution in [1.29, 1.82) is 0 Å². The van der Waals surface area contributed by atoms with E-state index >= 15 is 0 Å². The average molecular weight is 191 g/mol. The first kappa shape index (κ1) is 11.3. The molecule has 0 atom stereocenters. The van der Waals surface area contributed by atoms with Crippen molar-refractivity contribution in [2.45, 2.75) is 33.7 Å². The number of hydrogen-bond acceptors (Lipinski definition) is 1. The third kappa shape index (κ3) is 2.58. The zero-order valence-corrected chi connectivity index (χ0v) is 9.80. The van der Waals surface area contributed by atoms with E-state index in [1.54, 1.807) is 5.56 Å². The summed E-state index contributed by atoms with van der Waals surface area (Å²) in [4.78, 5) is 2.38. The second-order valence-corrected chi connectivity index (χ2v) is 3.76. The maximum atomic E-state index is 2.38. The van der Waals surface area contributed by atoms with Gasteiger partial charge in [-0.3, -0.25) is 0 Å². The molecule has 1 heterocycles. The second kappa shape index (κ2) is 5.16. The molecule has 0 N–H and O–H groups in total. The molecule has 1 aliphatic heterocycles. The van der Waals surface area contributed by atoms with Crippen LogP contribution in [0.3, 0.4) is 0 Å².